The van der Waals surface area contributed by atoms with E-state index in [-0.39, 0.29) is 5.84 Å². The molecule has 0 saturated heterocycles. The smallest absolute Gasteiger partial charge is 0.154 e. The lowest BCUT2D eigenvalue weighted by molar-refractivity contribution is 1.08. The first-order valence-electron chi connectivity index (χ1n) is 20.4. The molecule has 0 amide bonds. The monoisotopic (exact) mass is 782 g/mol. The van der Waals surface area contributed by atoms with Gasteiger partial charge in [-0.15, -0.1) is 0 Å². The Morgan fingerprint density at radius 3 is 1.61 bits per heavy atom. The standard InChI is InChI=1S/C55H38N6/c56-54(41-29-27-38(28-30-41)37-15-4-1-5-16-37)58-55(42-19-8-3-9-20-42)59-61-51-26-13-11-22-45(51)47-35-52-46(36-53(47)61)44-21-10-12-25-50(44)60(52)43-33-31-40(32-34-43)49-24-14-23-48(57-49)39-17-6-2-7-18-39/h1-36H,(H2,56,58,59). The fourth-order valence-electron chi connectivity index (χ4n) is 8.46. The number of aromatic nitrogens is 3. The van der Waals surface area contributed by atoms with E-state index in [2.05, 4.69) is 154 Å². The molecule has 11 aromatic rings. The van der Waals surface area contributed by atoms with Crippen molar-refractivity contribution in [1.82, 2.24) is 14.2 Å². The first-order chi connectivity index (χ1) is 30.2. The van der Waals surface area contributed by atoms with Gasteiger partial charge in [0.05, 0.1) is 33.5 Å². The maximum absolute atomic E-state index is 9.19. The Balaban J connectivity index is 1.02. The zero-order valence-electron chi connectivity index (χ0n) is 33.1. The molecule has 61 heavy (non-hydrogen) atoms. The molecule has 3 heterocycles. The molecule has 3 aromatic heterocycles. The van der Waals surface area contributed by atoms with E-state index < -0.39 is 0 Å². The summed E-state index contributed by atoms with van der Waals surface area (Å²) in [5.74, 6) is 0.745. The van der Waals surface area contributed by atoms with Crippen LogP contribution in [0.15, 0.2) is 223 Å². The minimum Gasteiger partial charge on any atom is -0.309 e. The summed E-state index contributed by atoms with van der Waals surface area (Å²) in [7, 11) is 0. The van der Waals surface area contributed by atoms with Crippen molar-refractivity contribution in [1.29, 1.82) is 5.41 Å². The summed E-state index contributed by atoms with van der Waals surface area (Å²) in [5, 5.41) is 13.7. The van der Waals surface area contributed by atoms with Crippen LogP contribution < -0.4 is 5.43 Å². The predicted octanol–water partition coefficient (Wildman–Crippen LogP) is 13.3. The van der Waals surface area contributed by atoms with Gasteiger partial charge >= 0.3 is 0 Å². The fraction of sp³-hybridized carbons (Fsp3) is 0. The SMILES string of the molecule is N=C(N=C(Nn1c2ccccc2c2cc3c(cc21)c1ccccc1n3-c1ccc(-c2cccc(-c3ccccc3)n2)cc1)c1ccccc1)c1ccc(-c2ccccc2)cc1. The van der Waals surface area contributed by atoms with E-state index in [1.807, 2.05) is 78.9 Å². The zero-order valence-corrected chi connectivity index (χ0v) is 33.1. The highest BCUT2D eigenvalue weighted by atomic mass is 15.4. The number of pyridine rings is 1. The summed E-state index contributed by atoms with van der Waals surface area (Å²) in [6.45, 7) is 0. The molecule has 288 valence electrons. The molecule has 0 aliphatic heterocycles. The molecule has 0 bridgehead atoms. The maximum Gasteiger partial charge on any atom is 0.154 e. The second-order valence-corrected chi connectivity index (χ2v) is 15.1. The van der Waals surface area contributed by atoms with Gasteiger partial charge in [-0.3, -0.25) is 15.5 Å². The number of para-hydroxylation sites is 2. The summed E-state index contributed by atoms with van der Waals surface area (Å²) < 4.78 is 4.49. The molecule has 0 saturated carbocycles. The largest absolute Gasteiger partial charge is 0.309 e. The van der Waals surface area contributed by atoms with E-state index >= 15 is 0 Å². The van der Waals surface area contributed by atoms with E-state index in [0.29, 0.717) is 5.84 Å². The van der Waals surface area contributed by atoms with Crippen LogP contribution in [0.4, 0.5) is 0 Å². The highest BCUT2D eigenvalue weighted by Gasteiger charge is 2.19. The van der Waals surface area contributed by atoms with Crippen LogP contribution in [-0.4, -0.2) is 25.9 Å². The molecule has 6 nitrogen and oxygen atoms in total. The second kappa shape index (κ2) is 15.1. The summed E-state index contributed by atoms with van der Waals surface area (Å²) in [6.07, 6.45) is 0. The van der Waals surface area contributed by atoms with Gasteiger partial charge in [0.25, 0.3) is 0 Å². The third kappa shape index (κ3) is 6.53. The molecule has 11 rings (SSSR count). The van der Waals surface area contributed by atoms with Crippen molar-refractivity contribution in [2.24, 2.45) is 4.99 Å². The Morgan fingerprint density at radius 1 is 0.410 bits per heavy atom. The molecule has 0 unspecified atom stereocenters. The van der Waals surface area contributed by atoms with Crippen LogP contribution >= 0.6 is 0 Å². The molecule has 0 fully saturated rings. The number of amidine groups is 2. The van der Waals surface area contributed by atoms with Crippen LogP contribution in [0.2, 0.25) is 0 Å². The number of fused-ring (bicyclic) bond motifs is 6. The summed E-state index contributed by atoms with van der Waals surface area (Å²) in [6, 6.07) is 75.3. The molecule has 0 spiro atoms. The normalized spacial score (nSPS) is 11.8. The lowest BCUT2D eigenvalue weighted by Gasteiger charge is -2.15. The third-order valence-electron chi connectivity index (χ3n) is 11.5. The number of rotatable bonds is 7. The second-order valence-electron chi connectivity index (χ2n) is 15.1. The highest BCUT2D eigenvalue weighted by molar-refractivity contribution is 6.20. The van der Waals surface area contributed by atoms with Crippen LogP contribution in [0.1, 0.15) is 11.1 Å². The van der Waals surface area contributed by atoms with Crippen LogP contribution in [0, 0.1) is 5.41 Å². The van der Waals surface area contributed by atoms with E-state index in [1.165, 1.54) is 0 Å². The first kappa shape index (κ1) is 35.8. The van der Waals surface area contributed by atoms with Gasteiger partial charge in [0, 0.05) is 49.5 Å². The summed E-state index contributed by atoms with van der Waals surface area (Å²) in [5.41, 5.74) is 16.9. The van der Waals surface area contributed by atoms with Gasteiger partial charge in [0.2, 0.25) is 0 Å². The molecule has 6 heteroatoms. The fourth-order valence-corrected chi connectivity index (χ4v) is 8.46. The van der Waals surface area contributed by atoms with Gasteiger partial charge < -0.3 is 4.57 Å². The van der Waals surface area contributed by atoms with Crippen molar-refractivity contribution in [2.75, 3.05) is 5.43 Å². The Bertz CT molecular complexity index is 3420. The van der Waals surface area contributed by atoms with Crippen molar-refractivity contribution < 1.29 is 0 Å². The number of benzene rings is 8. The number of nitrogens with one attached hydrogen (secondary N) is 2. The number of hydrogen-bond donors (Lipinski definition) is 2. The Hall–Kier alpha value is -8.35. The lowest BCUT2D eigenvalue weighted by atomic mass is 10.0. The molecule has 0 aliphatic rings. The molecule has 0 aliphatic carbocycles. The van der Waals surface area contributed by atoms with Crippen molar-refractivity contribution in [3.8, 4) is 39.3 Å². The van der Waals surface area contributed by atoms with Crippen LogP contribution in [0.25, 0.3) is 82.9 Å². The Labute approximate surface area is 352 Å². The molecule has 8 aromatic carbocycles. The average molecular weight is 783 g/mol. The van der Waals surface area contributed by atoms with Crippen LogP contribution in [-0.2, 0) is 0 Å². The number of aliphatic imine (C=N–C) groups is 1. The molecule has 0 atom stereocenters. The number of hydrogen-bond acceptors (Lipinski definition) is 2. The average Bonchev–Trinajstić information content (AvgIpc) is 3.82. The minimum atomic E-state index is 0.169. The van der Waals surface area contributed by atoms with Crippen molar-refractivity contribution in [3.63, 3.8) is 0 Å². The van der Waals surface area contributed by atoms with Crippen LogP contribution in [0.5, 0.6) is 0 Å². The van der Waals surface area contributed by atoms with Crippen LogP contribution in [0.3, 0.4) is 0 Å². The van der Waals surface area contributed by atoms with Gasteiger partial charge in [0.15, 0.2) is 11.7 Å². The van der Waals surface area contributed by atoms with Gasteiger partial charge in [0.1, 0.15) is 0 Å². The zero-order chi connectivity index (χ0) is 40.7. The van der Waals surface area contributed by atoms with Gasteiger partial charge in [-0.2, -0.15) is 0 Å². The van der Waals surface area contributed by atoms with Crippen molar-refractivity contribution >= 4 is 55.3 Å². The van der Waals surface area contributed by atoms with Gasteiger partial charge in [-0.1, -0.05) is 170 Å². The predicted molar refractivity (Wildman–Crippen MR) is 253 cm³/mol. The maximum atomic E-state index is 9.19. The van der Waals surface area contributed by atoms with E-state index in [4.69, 9.17) is 9.98 Å². The lowest BCUT2D eigenvalue weighted by Crippen LogP contribution is -2.25. The quantitative estimate of drug-likeness (QED) is 0.125. The Morgan fingerprint density at radius 2 is 0.918 bits per heavy atom. The molecular formula is C55H38N6. The summed E-state index contributed by atoms with van der Waals surface area (Å²) in [4.78, 5) is 9.99. The molecule has 2 N–H and O–H groups in total. The van der Waals surface area contributed by atoms with E-state index in [0.717, 1.165) is 94.1 Å². The molecular weight excluding hydrogens is 745 g/mol. The van der Waals surface area contributed by atoms with E-state index in [1.54, 1.807) is 0 Å². The minimum absolute atomic E-state index is 0.169. The summed E-state index contributed by atoms with van der Waals surface area (Å²) >= 11 is 0. The van der Waals surface area contributed by atoms with Crippen molar-refractivity contribution in [2.45, 2.75) is 0 Å². The van der Waals surface area contributed by atoms with Crippen molar-refractivity contribution in [3.05, 3.63) is 230 Å². The van der Waals surface area contributed by atoms with E-state index in [9.17, 15) is 5.41 Å². The highest BCUT2D eigenvalue weighted by Crippen LogP contribution is 2.38. The molecule has 0 radical (unpaired) electrons. The van der Waals surface area contributed by atoms with Gasteiger partial charge in [-0.25, -0.2) is 9.98 Å². The van der Waals surface area contributed by atoms with Gasteiger partial charge in [-0.05, 0) is 59.7 Å². The Kier molecular flexibility index (Phi) is 8.86. The number of nitrogens with zero attached hydrogens (tertiary/aromatic N) is 4. The topological polar surface area (TPSA) is 71.0 Å². The first-order valence-corrected chi connectivity index (χ1v) is 20.4. The third-order valence-corrected chi connectivity index (χ3v) is 11.5.